The van der Waals surface area contributed by atoms with Crippen LogP contribution in [-0.2, 0) is 4.79 Å². The van der Waals surface area contributed by atoms with Gasteiger partial charge in [-0.1, -0.05) is 25.1 Å². The molecule has 2 amide bonds. The lowest BCUT2D eigenvalue weighted by Gasteiger charge is -2.35. The Hall–Kier alpha value is -1.59. The van der Waals surface area contributed by atoms with E-state index in [0.717, 1.165) is 39.0 Å². The SMILES string of the molecule is CC(CC(=O)N1CCCC(CNC(=O)c2ccccc2)C1)C1CCCNC1.Cl. The predicted molar refractivity (Wildman–Crippen MR) is 115 cm³/mol. The van der Waals surface area contributed by atoms with Crippen LogP contribution >= 0.6 is 12.4 Å². The second kappa shape index (κ2) is 11.4. The van der Waals surface area contributed by atoms with E-state index in [0.29, 0.717) is 36.3 Å². The molecule has 0 aromatic heterocycles. The molecule has 2 N–H and O–H groups in total. The van der Waals surface area contributed by atoms with Gasteiger partial charge in [0.25, 0.3) is 5.91 Å². The number of nitrogens with zero attached hydrogens (tertiary/aromatic N) is 1. The average Bonchev–Trinajstić information content (AvgIpc) is 2.73. The molecule has 3 unspecified atom stereocenters. The van der Waals surface area contributed by atoms with Gasteiger partial charge in [0.05, 0.1) is 0 Å². The third-order valence-electron chi connectivity index (χ3n) is 6.10. The van der Waals surface area contributed by atoms with E-state index in [4.69, 9.17) is 0 Å². The van der Waals surface area contributed by atoms with Gasteiger partial charge < -0.3 is 15.5 Å². The fourth-order valence-corrected chi connectivity index (χ4v) is 4.32. The Labute approximate surface area is 175 Å². The van der Waals surface area contributed by atoms with Crippen LogP contribution < -0.4 is 10.6 Å². The molecule has 0 radical (unpaired) electrons. The summed E-state index contributed by atoms with van der Waals surface area (Å²) in [6.07, 6.45) is 5.19. The molecule has 2 aliphatic heterocycles. The van der Waals surface area contributed by atoms with Crippen LogP contribution in [0.15, 0.2) is 30.3 Å². The minimum absolute atomic E-state index is 0. The standard InChI is InChI=1S/C22H33N3O2.ClH/c1-17(20-10-5-11-23-15-20)13-21(26)25-12-6-7-18(16-25)14-24-22(27)19-8-3-2-4-9-19;/h2-4,8-9,17-18,20,23H,5-7,10-16H2,1H3,(H,24,27);1H. The molecule has 2 saturated heterocycles. The van der Waals surface area contributed by atoms with Crippen molar-refractivity contribution >= 4 is 24.2 Å². The number of hydrogen-bond acceptors (Lipinski definition) is 3. The highest BCUT2D eigenvalue weighted by Gasteiger charge is 2.27. The third kappa shape index (κ3) is 6.49. The van der Waals surface area contributed by atoms with Crippen LogP contribution in [0.3, 0.4) is 0 Å². The van der Waals surface area contributed by atoms with Crippen molar-refractivity contribution in [2.24, 2.45) is 17.8 Å². The van der Waals surface area contributed by atoms with Crippen molar-refractivity contribution < 1.29 is 9.59 Å². The van der Waals surface area contributed by atoms with Crippen LogP contribution in [0.4, 0.5) is 0 Å². The lowest BCUT2D eigenvalue weighted by molar-refractivity contribution is -0.134. The zero-order valence-electron chi connectivity index (χ0n) is 16.9. The summed E-state index contributed by atoms with van der Waals surface area (Å²) in [5.74, 6) is 1.66. The number of carbonyl (C=O) groups is 2. The summed E-state index contributed by atoms with van der Waals surface area (Å²) in [5.41, 5.74) is 0.691. The number of carbonyl (C=O) groups excluding carboxylic acids is 2. The molecule has 1 aromatic rings. The van der Waals surface area contributed by atoms with E-state index in [-0.39, 0.29) is 24.2 Å². The molecule has 5 nitrogen and oxygen atoms in total. The number of amides is 2. The molecule has 28 heavy (non-hydrogen) atoms. The second-order valence-corrected chi connectivity index (χ2v) is 8.21. The van der Waals surface area contributed by atoms with Gasteiger partial charge in [-0.15, -0.1) is 12.4 Å². The highest BCUT2D eigenvalue weighted by atomic mass is 35.5. The zero-order valence-corrected chi connectivity index (χ0v) is 17.7. The number of piperidine rings is 2. The van der Waals surface area contributed by atoms with E-state index in [1.807, 2.05) is 35.2 Å². The molecule has 1 aromatic carbocycles. The van der Waals surface area contributed by atoms with Crippen molar-refractivity contribution in [2.75, 3.05) is 32.7 Å². The van der Waals surface area contributed by atoms with Gasteiger partial charge in [0, 0.05) is 31.6 Å². The van der Waals surface area contributed by atoms with Gasteiger partial charge in [0.2, 0.25) is 5.91 Å². The summed E-state index contributed by atoms with van der Waals surface area (Å²) < 4.78 is 0. The van der Waals surface area contributed by atoms with Crippen LogP contribution in [0.25, 0.3) is 0 Å². The van der Waals surface area contributed by atoms with Gasteiger partial charge in [0.15, 0.2) is 0 Å². The fourth-order valence-electron chi connectivity index (χ4n) is 4.32. The highest BCUT2D eigenvalue weighted by molar-refractivity contribution is 5.94. The Morgan fingerprint density at radius 3 is 2.71 bits per heavy atom. The first kappa shape index (κ1) is 22.7. The summed E-state index contributed by atoms with van der Waals surface area (Å²) >= 11 is 0. The molecule has 156 valence electrons. The maximum atomic E-state index is 12.8. The average molecular weight is 408 g/mol. The Bertz CT molecular complexity index is 619. The quantitative estimate of drug-likeness (QED) is 0.761. The lowest BCUT2D eigenvalue weighted by atomic mass is 9.85. The Morgan fingerprint density at radius 1 is 1.21 bits per heavy atom. The van der Waals surface area contributed by atoms with Crippen LogP contribution in [0.5, 0.6) is 0 Å². The number of benzene rings is 1. The molecule has 3 rings (SSSR count). The van der Waals surface area contributed by atoms with Crippen LogP contribution in [0.1, 0.15) is 49.4 Å². The smallest absolute Gasteiger partial charge is 0.251 e. The number of nitrogens with one attached hydrogen (secondary N) is 2. The monoisotopic (exact) mass is 407 g/mol. The third-order valence-corrected chi connectivity index (χ3v) is 6.10. The Balaban J connectivity index is 0.00000280. The van der Waals surface area contributed by atoms with Crippen molar-refractivity contribution in [1.82, 2.24) is 15.5 Å². The van der Waals surface area contributed by atoms with E-state index in [1.54, 1.807) is 0 Å². The fraction of sp³-hybridized carbons (Fsp3) is 0.636. The van der Waals surface area contributed by atoms with E-state index in [2.05, 4.69) is 17.6 Å². The van der Waals surface area contributed by atoms with Gasteiger partial charge >= 0.3 is 0 Å². The van der Waals surface area contributed by atoms with Crippen molar-refractivity contribution in [3.63, 3.8) is 0 Å². The van der Waals surface area contributed by atoms with Crippen LogP contribution in [-0.4, -0.2) is 49.4 Å². The highest BCUT2D eigenvalue weighted by Crippen LogP contribution is 2.24. The second-order valence-electron chi connectivity index (χ2n) is 8.21. The molecule has 0 aliphatic carbocycles. The summed E-state index contributed by atoms with van der Waals surface area (Å²) in [4.78, 5) is 27.0. The number of likely N-dealkylation sites (tertiary alicyclic amines) is 1. The molecule has 2 aliphatic rings. The molecule has 0 spiro atoms. The number of halogens is 1. The number of hydrogen-bond donors (Lipinski definition) is 2. The van der Waals surface area contributed by atoms with E-state index >= 15 is 0 Å². The number of rotatable bonds is 6. The van der Waals surface area contributed by atoms with Gasteiger partial charge in [-0.2, -0.15) is 0 Å². The zero-order chi connectivity index (χ0) is 19.1. The van der Waals surface area contributed by atoms with Crippen LogP contribution in [0.2, 0.25) is 0 Å². The maximum Gasteiger partial charge on any atom is 0.251 e. The largest absolute Gasteiger partial charge is 0.352 e. The van der Waals surface area contributed by atoms with E-state index < -0.39 is 0 Å². The van der Waals surface area contributed by atoms with E-state index in [9.17, 15) is 9.59 Å². The van der Waals surface area contributed by atoms with Crippen molar-refractivity contribution in [1.29, 1.82) is 0 Å². The van der Waals surface area contributed by atoms with Crippen LogP contribution in [0, 0.1) is 17.8 Å². The molecule has 2 heterocycles. The summed E-state index contributed by atoms with van der Waals surface area (Å²) in [5, 5.41) is 6.49. The molecule has 2 fully saturated rings. The summed E-state index contributed by atoms with van der Waals surface area (Å²) in [6, 6.07) is 9.31. The Kier molecular flexibility index (Phi) is 9.26. The molecular weight excluding hydrogens is 374 g/mol. The molecule has 0 bridgehead atoms. The summed E-state index contributed by atoms with van der Waals surface area (Å²) in [7, 11) is 0. The van der Waals surface area contributed by atoms with Gasteiger partial charge in [-0.3, -0.25) is 9.59 Å². The minimum Gasteiger partial charge on any atom is -0.352 e. The lowest BCUT2D eigenvalue weighted by Crippen LogP contribution is -2.44. The van der Waals surface area contributed by atoms with Crippen molar-refractivity contribution in [3.05, 3.63) is 35.9 Å². The maximum absolute atomic E-state index is 12.8. The first-order valence-electron chi connectivity index (χ1n) is 10.4. The first-order valence-corrected chi connectivity index (χ1v) is 10.4. The van der Waals surface area contributed by atoms with Gasteiger partial charge in [-0.25, -0.2) is 0 Å². The Morgan fingerprint density at radius 2 is 2.00 bits per heavy atom. The predicted octanol–water partition coefficient (Wildman–Crippen LogP) is 3.10. The molecule has 6 heteroatoms. The molecule has 3 atom stereocenters. The summed E-state index contributed by atoms with van der Waals surface area (Å²) in [6.45, 7) is 6.64. The van der Waals surface area contributed by atoms with Gasteiger partial charge in [-0.05, 0) is 68.7 Å². The molecular formula is C22H34ClN3O2. The van der Waals surface area contributed by atoms with Gasteiger partial charge in [0.1, 0.15) is 0 Å². The van der Waals surface area contributed by atoms with Crippen molar-refractivity contribution in [3.8, 4) is 0 Å². The van der Waals surface area contributed by atoms with E-state index in [1.165, 1.54) is 12.8 Å². The van der Waals surface area contributed by atoms with Crippen molar-refractivity contribution in [2.45, 2.75) is 39.0 Å². The first-order chi connectivity index (χ1) is 13.1. The topological polar surface area (TPSA) is 61.4 Å². The normalized spacial score (nSPS) is 23.4. The minimum atomic E-state index is -0.0301. The molecule has 0 saturated carbocycles.